The number of carbonyl (C=O) groups excluding carboxylic acids is 5. The second kappa shape index (κ2) is 13.7. The maximum absolute atomic E-state index is 13.3. The molecule has 230 valence electrons. The Morgan fingerprint density at radius 3 is 2.50 bits per heavy atom. The van der Waals surface area contributed by atoms with E-state index in [1.54, 1.807) is 0 Å². The molecule has 2 heterocycles. The molecule has 0 spiro atoms. The van der Waals surface area contributed by atoms with Crippen LogP contribution in [0.25, 0.3) is 0 Å². The first-order chi connectivity index (χ1) is 19.7. The molecule has 16 nitrogen and oxygen atoms in total. The van der Waals surface area contributed by atoms with Gasteiger partial charge in [-0.1, -0.05) is 0 Å². The Kier molecular flexibility index (Phi) is 10.6. The van der Waals surface area contributed by atoms with Crippen molar-refractivity contribution in [2.45, 2.75) is 62.3 Å². The van der Waals surface area contributed by atoms with Crippen LogP contribution in [0.4, 0.5) is 0 Å². The fourth-order valence-electron chi connectivity index (χ4n) is 4.36. The molecular weight excluding hydrogens is 578 g/mol. The number of fused-ring (bicyclic) bond motifs is 1. The zero-order valence-corrected chi connectivity index (χ0v) is 23.6. The SMILES string of the molecule is C[C@H](N)C(=O)N1CC[C@@H](O)[C@H]1C(=O)NC1COC(=O)c2cc(O)cc(O)c2CSC[C@@H](C(=O)N[C@@H](C)C(=O)O)NC1=O. The fourth-order valence-corrected chi connectivity index (χ4v) is 5.46. The summed E-state index contributed by atoms with van der Waals surface area (Å²) < 4.78 is 5.24. The number of aliphatic carboxylic acids is 1. The standard InChI is InChI=1S/C25H33N5O11S/c1-10(26)23(37)30-4-3-17(32)19(30)22(36)28-15-7-41-25(40)13-5-12(31)6-18(33)14(13)8-42-9-16(29-20(15)34)21(35)27-11(2)24(38)39/h5-6,10-11,15-17,19,31-33H,3-4,7-9,26H2,1-2H3,(H,27,35)(H,28,36)(H,29,34)(H,38,39)/t10-,11-,15?,16-,17+,19-/m0/s1. The number of aliphatic hydroxyl groups excluding tert-OH is 1. The summed E-state index contributed by atoms with van der Waals surface area (Å²) in [7, 11) is 0. The molecule has 1 aromatic rings. The number of carbonyl (C=O) groups is 6. The van der Waals surface area contributed by atoms with Crippen LogP contribution in [0.3, 0.4) is 0 Å². The number of esters is 1. The number of carboxylic acids is 1. The minimum Gasteiger partial charge on any atom is -0.508 e. The number of aliphatic hydroxyl groups is 1. The molecule has 2 aliphatic heterocycles. The van der Waals surface area contributed by atoms with Crippen LogP contribution in [0.15, 0.2) is 12.1 Å². The maximum Gasteiger partial charge on any atom is 0.338 e. The van der Waals surface area contributed by atoms with E-state index in [9.17, 15) is 49.2 Å². The number of phenols is 2. The van der Waals surface area contributed by atoms with E-state index in [1.807, 2.05) is 0 Å². The highest BCUT2D eigenvalue weighted by Gasteiger charge is 2.43. The van der Waals surface area contributed by atoms with Crippen LogP contribution in [0, 0.1) is 0 Å². The van der Waals surface area contributed by atoms with Crippen LogP contribution >= 0.6 is 11.8 Å². The van der Waals surface area contributed by atoms with Gasteiger partial charge in [0.1, 0.15) is 42.3 Å². The Morgan fingerprint density at radius 1 is 1.17 bits per heavy atom. The van der Waals surface area contributed by atoms with Gasteiger partial charge in [-0.25, -0.2) is 4.79 Å². The molecule has 0 aromatic heterocycles. The topological polar surface area (TPSA) is 258 Å². The number of likely N-dealkylation sites (tertiary alicyclic amines) is 1. The predicted octanol–water partition coefficient (Wildman–Crippen LogP) is -2.63. The van der Waals surface area contributed by atoms with Crippen molar-refractivity contribution in [3.05, 3.63) is 23.3 Å². The molecular formula is C25H33N5O11S. The van der Waals surface area contributed by atoms with Gasteiger partial charge >= 0.3 is 11.9 Å². The van der Waals surface area contributed by atoms with Crippen LogP contribution in [-0.4, -0.2) is 116 Å². The van der Waals surface area contributed by atoms with E-state index < -0.39 is 90.0 Å². The number of carboxylic acid groups (broad SMARTS) is 1. The van der Waals surface area contributed by atoms with Crippen molar-refractivity contribution >= 4 is 47.3 Å². The van der Waals surface area contributed by atoms with E-state index in [-0.39, 0.29) is 35.6 Å². The first kappa shape index (κ1) is 32.4. The number of hydrogen-bond donors (Lipinski definition) is 8. The van der Waals surface area contributed by atoms with E-state index in [1.165, 1.54) is 13.8 Å². The van der Waals surface area contributed by atoms with E-state index >= 15 is 0 Å². The quantitative estimate of drug-likeness (QED) is 0.153. The summed E-state index contributed by atoms with van der Waals surface area (Å²) in [5.41, 5.74) is 5.49. The molecule has 42 heavy (non-hydrogen) atoms. The molecule has 0 aliphatic carbocycles. The van der Waals surface area contributed by atoms with Crippen molar-refractivity contribution in [1.82, 2.24) is 20.9 Å². The van der Waals surface area contributed by atoms with Crippen molar-refractivity contribution in [1.29, 1.82) is 0 Å². The Hall–Kier alpha value is -4.09. The van der Waals surface area contributed by atoms with Crippen LogP contribution in [0.5, 0.6) is 11.5 Å². The molecule has 3 rings (SSSR count). The molecule has 2 aliphatic rings. The monoisotopic (exact) mass is 611 g/mol. The molecule has 17 heteroatoms. The van der Waals surface area contributed by atoms with Gasteiger partial charge in [-0.05, 0) is 26.3 Å². The number of nitrogens with one attached hydrogen (secondary N) is 3. The second-order valence-electron chi connectivity index (χ2n) is 9.92. The first-order valence-electron chi connectivity index (χ1n) is 12.9. The van der Waals surface area contributed by atoms with Gasteiger partial charge in [0.25, 0.3) is 0 Å². The number of nitrogens with two attached hydrogens (primary N) is 1. The van der Waals surface area contributed by atoms with E-state index in [0.717, 1.165) is 28.8 Å². The lowest BCUT2D eigenvalue weighted by Crippen LogP contribution is -2.60. The number of aromatic hydroxyl groups is 2. The lowest BCUT2D eigenvalue weighted by Gasteiger charge is -2.29. The van der Waals surface area contributed by atoms with E-state index in [4.69, 9.17) is 10.5 Å². The van der Waals surface area contributed by atoms with Gasteiger partial charge in [0.15, 0.2) is 0 Å². The van der Waals surface area contributed by atoms with Gasteiger partial charge in [0.2, 0.25) is 23.6 Å². The van der Waals surface area contributed by atoms with Crippen LogP contribution < -0.4 is 21.7 Å². The number of phenolic OH excluding ortho intramolecular Hbond substituents is 2. The average molecular weight is 612 g/mol. The Labute approximate surface area is 243 Å². The van der Waals surface area contributed by atoms with Gasteiger partial charge < -0.3 is 51.7 Å². The van der Waals surface area contributed by atoms with Gasteiger partial charge in [0, 0.05) is 29.7 Å². The number of ether oxygens (including phenoxy) is 1. The maximum atomic E-state index is 13.3. The minimum atomic E-state index is -1.65. The second-order valence-corrected chi connectivity index (χ2v) is 10.9. The molecule has 4 amide bonds. The zero-order valence-electron chi connectivity index (χ0n) is 22.7. The van der Waals surface area contributed by atoms with Crippen molar-refractivity contribution in [3.8, 4) is 11.5 Å². The number of amides is 4. The normalized spacial score (nSPS) is 24.5. The summed E-state index contributed by atoms with van der Waals surface area (Å²) in [6, 6.07) is -4.63. The lowest BCUT2D eigenvalue weighted by atomic mass is 10.1. The highest BCUT2D eigenvalue weighted by atomic mass is 32.2. The molecule has 0 bridgehead atoms. The summed E-state index contributed by atoms with van der Waals surface area (Å²) in [5.74, 6) is -6.88. The highest BCUT2D eigenvalue weighted by molar-refractivity contribution is 7.98. The fraction of sp³-hybridized carbons (Fsp3) is 0.520. The number of hydrogen-bond acceptors (Lipinski definition) is 12. The minimum absolute atomic E-state index is 0.0243. The van der Waals surface area contributed by atoms with E-state index in [0.29, 0.717) is 0 Å². The van der Waals surface area contributed by atoms with E-state index in [2.05, 4.69) is 16.0 Å². The number of nitrogens with zero attached hydrogens (tertiary/aromatic N) is 1. The summed E-state index contributed by atoms with van der Waals surface area (Å²) >= 11 is 1.000. The Bertz CT molecular complexity index is 1260. The van der Waals surface area contributed by atoms with Crippen molar-refractivity contribution in [2.24, 2.45) is 5.73 Å². The lowest BCUT2D eigenvalue weighted by molar-refractivity contribution is -0.142. The Balaban J connectivity index is 1.93. The molecule has 9 N–H and O–H groups in total. The molecule has 1 aromatic carbocycles. The third kappa shape index (κ3) is 7.59. The van der Waals surface area contributed by atoms with Gasteiger partial charge in [-0.3, -0.25) is 24.0 Å². The zero-order chi connectivity index (χ0) is 31.3. The third-order valence-corrected chi connectivity index (χ3v) is 7.71. The summed E-state index contributed by atoms with van der Waals surface area (Å²) in [4.78, 5) is 77.2. The number of benzene rings is 1. The van der Waals surface area contributed by atoms with Crippen LogP contribution in [0.2, 0.25) is 0 Å². The Morgan fingerprint density at radius 2 is 1.86 bits per heavy atom. The molecule has 0 radical (unpaired) electrons. The summed E-state index contributed by atoms with van der Waals surface area (Å²) in [5, 5.41) is 46.9. The van der Waals surface area contributed by atoms with Crippen molar-refractivity contribution in [3.63, 3.8) is 0 Å². The molecule has 0 saturated carbocycles. The number of cyclic esters (lactones) is 1. The van der Waals surface area contributed by atoms with Crippen molar-refractivity contribution in [2.75, 3.05) is 18.9 Å². The predicted molar refractivity (Wildman–Crippen MR) is 145 cm³/mol. The summed E-state index contributed by atoms with van der Waals surface area (Å²) in [6.45, 7) is 1.86. The molecule has 1 saturated heterocycles. The average Bonchev–Trinajstić information content (AvgIpc) is 3.30. The summed E-state index contributed by atoms with van der Waals surface area (Å²) in [6.07, 6.45) is -1.22. The van der Waals surface area contributed by atoms with Gasteiger partial charge in [-0.2, -0.15) is 11.8 Å². The third-order valence-electron chi connectivity index (χ3n) is 6.65. The molecule has 1 unspecified atom stereocenters. The van der Waals surface area contributed by atoms with Gasteiger partial charge in [0.05, 0.1) is 17.7 Å². The van der Waals surface area contributed by atoms with Crippen LogP contribution in [-0.2, 0) is 34.5 Å². The smallest absolute Gasteiger partial charge is 0.338 e. The van der Waals surface area contributed by atoms with Gasteiger partial charge in [-0.15, -0.1) is 0 Å². The largest absolute Gasteiger partial charge is 0.508 e. The number of thioether (sulfide) groups is 1. The van der Waals surface area contributed by atoms with Crippen LogP contribution in [0.1, 0.15) is 36.2 Å². The molecule has 6 atom stereocenters. The highest BCUT2D eigenvalue weighted by Crippen LogP contribution is 2.31. The molecule has 1 fully saturated rings. The first-order valence-corrected chi connectivity index (χ1v) is 14.0. The number of rotatable bonds is 6. The van der Waals surface area contributed by atoms with Crippen molar-refractivity contribution < 1.29 is 53.9 Å².